The zero-order valence-corrected chi connectivity index (χ0v) is 15.6. The SMILES string of the molecule is CN(C)C(=O)[C@@H](Sc1nnc(C2CCCCC2)n1N)c1ccccc1. The lowest BCUT2D eigenvalue weighted by atomic mass is 9.89. The van der Waals surface area contributed by atoms with Gasteiger partial charge in [-0.15, -0.1) is 10.2 Å². The fourth-order valence-electron chi connectivity index (χ4n) is 3.24. The molecule has 1 aromatic carbocycles. The summed E-state index contributed by atoms with van der Waals surface area (Å²) in [5.74, 6) is 7.51. The molecule has 0 saturated heterocycles. The average molecular weight is 359 g/mol. The quantitative estimate of drug-likeness (QED) is 0.656. The lowest BCUT2D eigenvalue weighted by Gasteiger charge is -2.21. The van der Waals surface area contributed by atoms with Crippen LogP contribution in [-0.2, 0) is 4.79 Å². The minimum absolute atomic E-state index is 0.0124. The Kier molecular flexibility index (Phi) is 5.63. The van der Waals surface area contributed by atoms with E-state index < -0.39 is 0 Å². The van der Waals surface area contributed by atoms with Crippen molar-refractivity contribution in [1.29, 1.82) is 0 Å². The Labute approximate surface area is 152 Å². The molecule has 1 saturated carbocycles. The van der Waals surface area contributed by atoms with E-state index in [2.05, 4.69) is 10.2 Å². The number of nitrogens with two attached hydrogens (primary N) is 1. The summed E-state index contributed by atoms with van der Waals surface area (Å²) in [6.45, 7) is 0. The Hall–Kier alpha value is -2.02. The number of hydrogen-bond donors (Lipinski definition) is 1. The Morgan fingerprint density at radius 3 is 2.52 bits per heavy atom. The molecule has 134 valence electrons. The maximum absolute atomic E-state index is 12.7. The number of hydrogen-bond acceptors (Lipinski definition) is 5. The summed E-state index contributed by atoms with van der Waals surface area (Å²) in [4.78, 5) is 14.3. The van der Waals surface area contributed by atoms with Crippen molar-refractivity contribution in [3.05, 3.63) is 41.7 Å². The van der Waals surface area contributed by atoms with Crippen molar-refractivity contribution in [1.82, 2.24) is 19.8 Å². The number of rotatable bonds is 5. The molecule has 2 aromatic rings. The lowest BCUT2D eigenvalue weighted by molar-refractivity contribution is -0.128. The van der Waals surface area contributed by atoms with E-state index in [0.29, 0.717) is 11.1 Å². The molecule has 0 unspecified atom stereocenters. The van der Waals surface area contributed by atoms with E-state index in [1.54, 1.807) is 23.7 Å². The summed E-state index contributed by atoms with van der Waals surface area (Å²) < 4.78 is 1.58. The van der Waals surface area contributed by atoms with E-state index in [0.717, 1.165) is 24.2 Å². The average Bonchev–Trinajstić information content (AvgIpc) is 3.01. The molecule has 1 atom stereocenters. The van der Waals surface area contributed by atoms with Crippen molar-refractivity contribution in [2.45, 2.75) is 48.4 Å². The van der Waals surface area contributed by atoms with Crippen LogP contribution in [0.2, 0.25) is 0 Å². The van der Waals surface area contributed by atoms with Crippen LogP contribution in [-0.4, -0.2) is 39.8 Å². The highest BCUT2D eigenvalue weighted by Crippen LogP contribution is 2.37. The molecule has 0 aliphatic heterocycles. The van der Waals surface area contributed by atoms with E-state index >= 15 is 0 Å². The third-order valence-corrected chi connectivity index (χ3v) is 5.85. The van der Waals surface area contributed by atoms with Crippen molar-refractivity contribution < 1.29 is 4.79 Å². The molecular weight excluding hydrogens is 334 g/mol. The Balaban J connectivity index is 1.85. The molecule has 6 nitrogen and oxygen atoms in total. The number of carbonyl (C=O) groups is 1. The first kappa shape index (κ1) is 17.8. The molecule has 1 heterocycles. The van der Waals surface area contributed by atoms with Crippen LogP contribution in [0, 0.1) is 0 Å². The zero-order chi connectivity index (χ0) is 17.8. The number of nitrogens with zero attached hydrogens (tertiary/aromatic N) is 4. The molecule has 1 aromatic heterocycles. The van der Waals surface area contributed by atoms with Gasteiger partial charge < -0.3 is 10.7 Å². The van der Waals surface area contributed by atoms with Gasteiger partial charge in [0.1, 0.15) is 5.25 Å². The van der Waals surface area contributed by atoms with E-state index in [1.165, 1.54) is 31.0 Å². The second-order valence-corrected chi connectivity index (χ2v) is 7.76. The Morgan fingerprint density at radius 2 is 1.88 bits per heavy atom. The molecule has 1 aliphatic rings. The summed E-state index contributed by atoms with van der Waals surface area (Å²) in [6, 6.07) is 9.73. The molecule has 2 N–H and O–H groups in total. The van der Waals surface area contributed by atoms with Gasteiger partial charge in [0.15, 0.2) is 5.82 Å². The highest BCUT2D eigenvalue weighted by Gasteiger charge is 2.28. The molecule has 0 bridgehead atoms. The number of aromatic nitrogens is 3. The number of thioether (sulfide) groups is 1. The predicted octanol–water partition coefficient (Wildman–Crippen LogP) is 2.96. The topological polar surface area (TPSA) is 77.0 Å². The van der Waals surface area contributed by atoms with Gasteiger partial charge in [0, 0.05) is 20.0 Å². The van der Waals surface area contributed by atoms with Crippen molar-refractivity contribution in [2.24, 2.45) is 0 Å². The van der Waals surface area contributed by atoms with Crippen LogP contribution in [0.1, 0.15) is 54.7 Å². The third-order valence-electron chi connectivity index (χ3n) is 4.65. The number of nitrogen functional groups attached to an aromatic ring is 1. The largest absolute Gasteiger partial charge is 0.348 e. The van der Waals surface area contributed by atoms with E-state index in [4.69, 9.17) is 5.84 Å². The normalized spacial score (nSPS) is 16.6. The van der Waals surface area contributed by atoms with Crippen molar-refractivity contribution in [3.8, 4) is 0 Å². The molecule has 1 amide bonds. The van der Waals surface area contributed by atoms with Crippen molar-refractivity contribution in [3.63, 3.8) is 0 Å². The standard InChI is InChI=1S/C18H25N5OS/c1-22(2)17(24)15(13-9-5-3-6-10-13)25-18-21-20-16(23(18)19)14-11-7-4-8-12-14/h3,5-6,9-10,14-15H,4,7-8,11-12,19H2,1-2H3/t15-/m0/s1. The van der Waals surface area contributed by atoms with Gasteiger partial charge >= 0.3 is 0 Å². The summed E-state index contributed by atoms with van der Waals surface area (Å²) >= 11 is 1.36. The van der Waals surface area contributed by atoms with Gasteiger partial charge in [0.2, 0.25) is 11.1 Å². The summed E-state index contributed by atoms with van der Waals surface area (Å²) in [7, 11) is 3.53. The van der Waals surface area contributed by atoms with Gasteiger partial charge in [-0.1, -0.05) is 61.4 Å². The summed E-state index contributed by atoms with van der Waals surface area (Å²) in [5.41, 5.74) is 0.938. The van der Waals surface area contributed by atoms with Crippen LogP contribution in [0.5, 0.6) is 0 Å². The van der Waals surface area contributed by atoms with Crippen LogP contribution in [0.4, 0.5) is 0 Å². The monoisotopic (exact) mass is 359 g/mol. The molecule has 25 heavy (non-hydrogen) atoms. The highest BCUT2D eigenvalue weighted by atomic mass is 32.2. The minimum atomic E-state index is -0.387. The molecular formula is C18H25N5OS. The Bertz CT molecular complexity index is 710. The number of amides is 1. The number of carbonyl (C=O) groups excluding carboxylic acids is 1. The van der Waals surface area contributed by atoms with E-state index in [9.17, 15) is 4.79 Å². The number of likely N-dealkylation sites (N-methyl/N-ethyl adjacent to an activating group) is 1. The molecule has 7 heteroatoms. The van der Waals surface area contributed by atoms with Gasteiger partial charge in [-0.2, -0.15) is 0 Å². The minimum Gasteiger partial charge on any atom is -0.348 e. The lowest BCUT2D eigenvalue weighted by Crippen LogP contribution is -2.27. The second kappa shape index (κ2) is 7.91. The second-order valence-electron chi connectivity index (χ2n) is 6.69. The molecule has 1 fully saturated rings. The van der Waals surface area contributed by atoms with Crippen LogP contribution in [0.3, 0.4) is 0 Å². The van der Waals surface area contributed by atoms with Crippen LogP contribution >= 0.6 is 11.8 Å². The molecule has 0 radical (unpaired) electrons. The van der Waals surface area contributed by atoms with Gasteiger partial charge in [-0.3, -0.25) is 4.79 Å². The maximum atomic E-state index is 12.7. The maximum Gasteiger partial charge on any atom is 0.240 e. The fraction of sp³-hybridized carbons (Fsp3) is 0.500. The van der Waals surface area contributed by atoms with Gasteiger partial charge in [-0.25, -0.2) is 4.68 Å². The highest BCUT2D eigenvalue weighted by molar-refractivity contribution is 8.00. The van der Waals surface area contributed by atoms with Gasteiger partial charge in [0.05, 0.1) is 0 Å². The molecule has 3 rings (SSSR count). The van der Waals surface area contributed by atoms with Crippen LogP contribution < -0.4 is 5.84 Å². The van der Waals surface area contributed by atoms with Crippen LogP contribution in [0.25, 0.3) is 0 Å². The number of benzene rings is 1. The van der Waals surface area contributed by atoms with Crippen molar-refractivity contribution in [2.75, 3.05) is 19.9 Å². The fourth-order valence-corrected chi connectivity index (χ4v) is 4.35. The van der Waals surface area contributed by atoms with Gasteiger partial charge in [0.25, 0.3) is 0 Å². The van der Waals surface area contributed by atoms with Crippen molar-refractivity contribution >= 4 is 17.7 Å². The summed E-state index contributed by atoms with van der Waals surface area (Å²) in [5, 5.41) is 8.81. The van der Waals surface area contributed by atoms with Crippen LogP contribution in [0.15, 0.2) is 35.5 Å². The third kappa shape index (κ3) is 3.98. The predicted molar refractivity (Wildman–Crippen MR) is 99.7 cm³/mol. The smallest absolute Gasteiger partial charge is 0.240 e. The van der Waals surface area contributed by atoms with E-state index in [1.807, 2.05) is 30.3 Å². The molecule has 1 aliphatic carbocycles. The Morgan fingerprint density at radius 1 is 1.20 bits per heavy atom. The van der Waals surface area contributed by atoms with E-state index in [-0.39, 0.29) is 11.2 Å². The first-order valence-electron chi connectivity index (χ1n) is 8.71. The summed E-state index contributed by atoms with van der Waals surface area (Å²) in [6.07, 6.45) is 5.93. The first-order chi connectivity index (χ1) is 12.1. The zero-order valence-electron chi connectivity index (χ0n) is 14.8. The molecule has 0 spiro atoms. The van der Waals surface area contributed by atoms with Gasteiger partial charge in [-0.05, 0) is 18.4 Å². The first-order valence-corrected chi connectivity index (χ1v) is 9.59.